The topological polar surface area (TPSA) is 134 Å². The average Bonchev–Trinajstić information content (AvgIpc) is 3.32. The molecule has 2 saturated heterocycles. The molecule has 1 aromatic rings. The predicted octanol–water partition coefficient (Wildman–Crippen LogP) is 1.92. The Hall–Kier alpha value is -3.26. The van der Waals surface area contributed by atoms with Crippen LogP contribution in [-0.2, 0) is 28.7 Å². The molecule has 212 valence electrons. The zero-order chi connectivity index (χ0) is 28.5. The van der Waals surface area contributed by atoms with Crippen molar-refractivity contribution in [3.8, 4) is 0 Å². The van der Waals surface area contributed by atoms with E-state index in [4.69, 9.17) is 11.6 Å². The first-order chi connectivity index (χ1) is 18.3. The number of likely N-dealkylation sites (tertiary alicyclic amines) is 1. The molecule has 3 aliphatic rings. The normalized spacial score (nSPS) is 22.4. The van der Waals surface area contributed by atoms with Crippen molar-refractivity contribution in [2.75, 3.05) is 25.0 Å². The van der Waals surface area contributed by atoms with Crippen LogP contribution < -0.4 is 16.0 Å². The average molecular weight is 577 g/mol. The van der Waals surface area contributed by atoms with Crippen LogP contribution in [0.4, 0.5) is 23.2 Å². The molecule has 1 saturated carbocycles. The number of alkyl halides is 3. The molecule has 3 atom stereocenters. The van der Waals surface area contributed by atoms with Crippen LogP contribution in [0.2, 0.25) is 5.02 Å². The highest BCUT2D eigenvalue weighted by atomic mass is 35.5. The van der Waals surface area contributed by atoms with Crippen LogP contribution in [0.15, 0.2) is 18.2 Å². The second-order valence-electron chi connectivity index (χ2n) is 10.0. The summed E-state index contributed by atoms with van der Waals surface area (Å²) in [5, 5.41) is 7.15. The van der Waals surface area contributed by atoms with Crippen molar-refractivity contribution in [1.29, 1.82) is 0 Å². The van der Waals surface area contributed by atoms with Crippen LogP contribution in [0.3, 0.4) is 0 Å². The first-order valence-corrected chi connectivity index (χ1v) is 12.5. The molecule has 39 heavy (non-hydrogen) atoms. The lowest BCUT2D eigenvalue weighted by Gasteiger charge is -2.26. The Labute approximate surface area is 224 Å². The summed E-state index contributed by atoms with van der Waals surface area (Å²) in [5.41, 5.74) is -0.711. The summed E-state index contributed by atoms with van der Waals surface area (Å²) in [5.74, 6) is -6.29. The lowest BCUT2D eigenvalue weighted by Crippen LogP contribution is -2.53. The van der Waals surface area contributed by atoms with Gasteiger partial charge in [0.2, 0.25) is 11.8 Å². The number of amides is 4. The summed E-state index contributed by atoms with van der Waals surface area (Å²) in [7, 11) is 0. The van der Waals surface area contributed by atoms with Crippen molar-refractivity contribution in [1.82, 2.24) is 15.5 Å². The SMILES string of the molecule is O=C(Nc1ccc(Cl)cc1F)C(=O)N1CC2(CC2)C[C@H]1C(=O)NC(C[C@@H]1CCNC1=O)C(=O)COC(F)(F)F. The molecule has 1 aromatic carbocycles. The summed E-state index contributed by atoms with van der Waals surface area (Å²) < 4.78 is 55.3. The third kappa shape index (κ3) is 7.04. The van der Waals surface area contributed by atoms with Gasteiger partial charge in [-0.3, -0.25) is 28.7 Å². The van der Waals surface area contributed by atoms with E-state index in [0.29, 0.717) is 25.8 Å². The first-order valence-electron chi connectivity index (χ1n) is 12.2. The van der Waals surface area contributed by atoms with E-state index in [-0.39, 0.29) is 30.1 Å². The number of nitrogens with zero attached hydrogens (tertiary/aromatic N) is 1. The van der Waals surface area contributed by atoms with Crippen molar-refractivity contribution >= 4 is 46.7 Å². The van der Waals surface area contributed by atoms with Gasteiger partial charge in [0.05, 0.1) is 11.7 Å². The van der Waals surface area contributed by atoms with Crippen LogP contribution in [0.25, 0.3) is 0 Å². The molecule has 15 heteroatoms. The number of ether oxygens (including phenoxy) is 1. The van der Waals surface area contributed by atoms with Crippen LogP contribution in [0.1, 0.15) is 32.1 Å². The maximum Gasteiger partial charge on any atom is 0.522 e. The van der Waals surface area contributed by atoms with Crippen LogP contribution >= 0.6 is 11.6 Å². The molecular formula is C24H25ClF4N4O6. The Balaban J connectivity index is 1.48. The van der Waals surface area contributed by atoms with E-state index >= 15 is 0 Å². The van der Waals surface area contributed by atoms with Crippen molar-refractivity contribution in [3.05, 3.63) is 29.0 Å². The Morgan fingerprint density at radius 2 is 1.95 bits per heavy atom. The largest absolute Gasteiger partial charge is 0.522 e. The Morgan fingerprint density at radius 3 is 2.54 bits per heavy atom. The van der Waals surface area contributed by atoms with E-state index in [9.17, 15) is 41.5 Å². The summed E-state index contributed by atoms with van der Waals surface area (Å²) in [6.45, 7) is -1.01. The smallest absolute Gasteiger partial charge is 0.356 e. The maximum atomic E-state index is 14.1. The number of hydrogen-bond donors (Lipinski definition) is 3. The van der Waals surface area contributed by atoms with Gasteiger partial charge in [0.25, 0.3) is 0 Å². The van der Waals surface area contributed by atoms with Crippen LogP contribution in [0.5, 0.6) is 0 Å². The molecule has 0 radical (unpaired) electrons. The highest BCUT2D eigenvalue weighted by Crippen LogP contribution is 2.54. The molecule has 2 heterocycles. The molecule has 3 fully saturated rings. The Morgan fingerprint density at radius 1 is 1.23 bits per heavy atom. The highest BCUT2D eigenvalue weighted by Gasteiger charge is 2.56. The number of halogens is 5. The molecule has 10 nitrogen and oxygen atoms in total. The summed E-state index contributed by atoms with van der Waals surface area (Å²) in [6, 6.07) is 0.699. The molecular weight excluding hydrogens is 552 g/mol. The fraction of sp³-hybridized carbons (Fsp3) is 0.542. The molecule has 1 spiro atoms. The van der Waals surface area contributed by atoms with Gasteiger partial charge in [-0.25, -0.2) is 4.39 Å². The molecule has 0 bridgehead atoms. The summed E-state index contributed by atoms with van der Waals surface area (Å²) in [4.78, 5) is 64.6. The van der Waals surface area contributed by atoms with Gasteiger partial charge in [-0.05, 0) is 55.7 Å². The highest BCUT2D eigenvalue weighted by molar-refractivity contribution is 6.40. The van der Waals surface area contributed by atoms with Crippen molar-refractivity contribution in [3.63, 3.8) is 0 Å². The Kier molecular flexibility index (Phi) is 8.17. The quantitative estimate of drug-likeness (QED) is 0.320. The molecule has 4 rings (SSSR count). The molecule has 2 aliphatic heterocycles. The van der Waals surface area contributed by atoms with E-state index in [1.54, 1.807) is 0 Å². The van der Waals surface area contributed by atoms with Gasteiger partial charge in [-0.2, -0.15) is 0 Å². The number of rotatable bonds is 8. The third-order valence-corrected chi connectivity index (χ3v) is 7.40. The van der Waals surface area contributed by atoms with Crippen LogP contribution in [0, 0.1) is 17.2 Å². The van der Waals surface area contributed by atoms with E-state index in [1.807, 2.05) is 0 Å². The lowest BCUT2D eigenvalue weighted by atomic mass is 9.95. The second-order valence-corrected chi connectivity index (χ2v) is 10.4. The fourth-order valence-electron chi connectivity index (χ4n) is 4.89. The Bertz CT molecular complexity index is 1190. The van der Waals surface area contributed by atoms with Gasteiger partial charge < -0.3 is 20.9 Å². The van der Waals surface area contributed by atoms with Gasteiger partial charge in [0, 0.05) is 24.0 Å². The second kappa shape index (κ2) is 11.1. The number of hydrogen-bond acceptors (Lipinski definition) is 6. The molecule has 0 aromatic heterocycles. The van der Waals surface area contributed by atoms with E-state index in [2.05, 4.69) is 20.7 Å². The van der Waals surface area contributed by atoms with Crippen molar-refractivity contribution < 1.29 is 46.3 Å². The number of Topliss-reactive ketones (excluding diaryl/α,β-unsaturated/α-hetero) is 1. The minimum atomic E-state index is -5.08. The number of anilines is 1. The molecule has 1 aliphatic carbocycles. The van der Waals surface area contributed by atoms with E-state index in [0.717, 1.165) is 17.0 Å². The summed E-state index contributed by atoms with van der Waals surface area (Å²) >= 11 is 5.70. The number of nitrogens with one attached hydrogen (secondary N) is 3. The standard InChI is InChI=1S/C24H25ClF4N4O6/c25-13-1-2-15(14(26)8-13)31-21(37)22(38)33-11-23(4-5-23)9-17(33)20(36)32-16(7-12-3-6-30-19(12)35)18(34)10-39-24(27,28)29/h1-2,8,12,16-17H,3-7,9-11H2,(H,30,35)(H,31,37)(H,32,36)/t12-,16?,17-/m0/s1. The minimum Gasteiger partial charge on any atom is -0.356 e. The zero-order valence-corrected chi connectivity index (χ0v) is 21.2. The first kappa shape index (κ1) is 28.7. The number of carbonyl (C=O) groups excluding carboxylic acids is 5. The van der Waals surface area contributed by atoms with Crippen molar-refractivity contribution in [2.45, 2.75) is 50.6 Å². The van der Waals surface area contributed by atoms with Gasteiger partial charge in [-0.1, -0.05) is 11.6 Å². The maximum absolute atomic E-state index is 14.1. The lowest BCUT2D eigenvalue weighted by molar-refractivity contribution is -0.321. The van der Waals surface area contributed by atoms with Gasteiger partial charge in [0.1, 0.15) is 18.5 Å². The molecule has 4 amide bonds. The predicted molar refractivity (Wildman–Crippen MR) is 127 cm³/mol. The third-order valence-electron chi connectivity index (χ3n) is 7.17. The van der Waals surface area contributed by atoms with Gasteiger partial charge >= 0.3 is 18.2 Å². The minimum absolute atomic E-state index is 0.0568. The van der Waals surface area contributed by atoms with Crippen LogP contribution in [-0.4, -0.2) is 72.5 Å². The van der Waals surface area contributed by atoms with Gasteiger partial charge in [-0.15, -0.1) is 13.2 Å². The number of ketones is 1. The number of benzene rings is 1. The van der Waals surface area contributed by atoms with E-state index < -0.39 is 71.6 Å². The van der Waals surface area contributed by atoms with Gasteiger partial charge in [0.15, 0.2) is 5.78 Å². The monoisotopic (exact) mass is 576 g/mol. The molecule has 3 N–H and O–H groups in total. The number of carbonyl (C=O) groups is 5. The zero-order valence-electron chi connectivity index (χ0n) is 20.4. The van der Waals surface area contributed by atoms with Crippen molar-refractivity contribution in [2.24, 2.45) is 11.3 Å². The van der Waals surface area contributed by atoms with E-state index in [1.165, 1.54) is 6.07 Å². The molecule has 1 unspecified atom stereocenters. The fourth-order valence-corrected chi connectivity index (χ4v) is 5.05. The summed E-state index contributed by atoms with van der Waals surface area (Å²) in [6.07, 6.45) is -3.51.